The first kappa shape index (κ1) is 19.6. The summed E-state index contributed by atoms with van der Waals surface area (Å²) in [5.74, 6) is 0.285. The number of nitriles is 1. The van der Waals surface area contributed by atoms with Gasteiger partial charge in [0.25, 0.3) is 0 Å². The molecule has 31 heavy (non-hydrogen) atoms. The summed E-state index contributed by atoms with van der Waals surface area (Å²) in [4.78, 5) is 18.5. The van der Waals surface area contributed by atoms with Crippen molar-refractivity contribution in [3.8, 4) is 6.07 Å². The first-order valence-electron chi connectivity index (χ1n) is 10.2. The molecular formula is C24H22N4O2S. The molecule has 1 unspecified atom stereocenters. The van der Waals surface area contributed by atoms with Crippen LogP contribution >= 0.6 is 11.3 Å². The van der Waals surface area contributed by atoms with Gasteiger partial charge in [-0.3, -0.25) is 4.79 Å². The summed E-state index contributed by atoms with van der Waals surface area (Å²) in [7, 11) is 0. The predicted molar refractivity (Wildman–Crippen MR) is 119 cm³/mol. The van der Waals surface area contributed by atoms with Crippen LogP contribution in [0.2, 0.25) is 0 Å². The van der Waals surface area contributed by atoms with Crippen LogP contribution in [0.5, 0.6) is 0 Å². The van der Waals surface area contributed by atoms with Crippen molar-refractivity contribution >= 4 is 28.2 Å². The Labute approximate surface area is 184 Å². The molecule has 0 fully saturated rings. The lowest BCUT2D eigenvalue weighted by Gasteiger charge is -2.36. The molecule has 1 aromatic carbocycles. The molecule has 5 rings (SSSR count). The van der Waals surface area contributed by atoms with E-state index in [1.54, 1.807) is 11.3 Å². The highest BCUT2D eigenvalue weighted by atomic mass is 32.1. The molecule has 2 aromatic heterocycles. The zero-order valence-corrected chi connectivity index (χ0v) is 18.2. The first-order chi connectivity index (χ1) is 14.9. The number of para-hydroxylation sites is 2. The van der Waals surface area contributed by atoms with Crippen LogP contribution in [0, 0.1) is 16.7 Å². The van der Waals surface area contributed by atoms with Crippen molar-refractivity contribution in [3.05, 3.63) is 75.3 Å². The molecule has 0 spiro atoms. The van der Waals surface area contributed by atoms with Gasteiger partial charge in [-0.25, -0.2) is 4.98 Å². The van der Waals surface area contributed by atoms with Crippen molar-refractivity contribution in [2.45, 2.75) is 39.2 Å². The maximum absolute atomic E-state index is 13.1. The Morgan fingerprint density at radius 3 is 2.97 bits per heavy atom. The van der Waals surface area contributed by atoms with Gasteiger partial charge in [-0.05, 0) is 34.6 Å². The third kappa shape index (κ3) is 3.33. The molecule has 6 nitrogen and oxygen atoms in total. The standard InChI is InChI=1S/C24H22N4O2S/c1-24(2)8-18(29)22-19(9-24)30-23(26)15(10-25)21(22)20-7-14(12-31-20)11-28-13-27-16-5-3-4-6-17(16)28/h3-7,12-13,21H,8-9,11,26H2,1-2H3. The quantitative estimate of drug-likeness (QED) is 0.655. The van der Waals surface area contributed by atoms with Gasteiger partial charge in [-0.2, -0.15) is 5.26 Å². The molecule has 0 saturated carbocycles. The lowest BCUT2D eigenvalue weighted by atomic mass is 9.71. The number of nitrogens with two attached hydrogens (primary N) is 1. The highest BCUT2D eigenvalue weighted by Gasteiger charge is 2.43. The van der Waals surface area contributed by atoms with E-state index in [0.29, 0.717) is 36.3 Å². The van der Waals surface area contributed by atoms with Gasteiger partial charge in [-0.15, -0.1) is 11.3 Å². The third-order valence-electron chi connectivity index (χ3n) is 5.91. The van der Waals surface area contributed by atoms with E-state index in [0.717, 1.165) is 21.5 Å². The van der Waals surface area contributed by atoms with Crippen molar-refractivity contribution in [1.29, 1.82) is 5.26 Å². The van der Waals surface area contributed by atoms with E-state index < -0.39 is 5.92 Å². The van der Waals surface area contributed by atoms with E-state index in [1.807, 2.05) is 44.4 Å². The Hall–Kier alpha value is -3.37. The predicted octanol–water partition coefficient (Wildman–Crippen LogP) is 4.60. The highest BCUT2D eigenvalue weighted by Crippen LogP contribution is 2.48. The molecule has 2 N–H and O–H groups in total. The summed E-state index contributed by atoms with van der Waals surface area (Å²) in [6, 6.07) is 12.3. The molecule has 0 bridgehead atoms. The zero-order valence-electron chi connectivity index (χ0n) is 17.4. The van der Waals surface area contributed by atoms with Crippen LogP contribution in [-0.4, -0.2) is 15.3 Å². The molecule has 2 aliphatic rings. The maximum Gasteiger partial charge on any atom is 0.205 e. The average molecular weight is 431 g/mol. The van der Waals surface area contributed by atoms with Crippen LogP contribution in [0.3, 0.4) is 0 Å². The number of rotatable bonds is 3. The van der Waals surface area contributed by atoms with Crippen LogP contribution in [0.1, 0.15) is 43.0 Å². The normalized spacial score (nSPS) is 20.5. The molecule has 1 atom stereocenters. The molecule has 1 aliphatic heterocycles. The van der Waals surface area contributed by atoms with Gasteiger partial charge >= 0.3 is 0 Å². The number of fused-ring (bicyclic) bond motifs is 1. The number of carbonyl (C=O) groups excluding carboxylic acids is 1. The maximum atomic E-state index is 13.1. The van der Waals surface area contributed by atoms with E-state index in [2.05, 4.69) is 27.1 Å². The van der Waals surface area contributed by atoms with E-state index in [9.17, 15) is 10.1 Å². The Bertz CT molecular complexity index is 1320. The number of hydrogen-bond donors (Lipinski definition) is 1. The molecule has 3 heterocycles. The zero-order chi connectivity index (χ0) is 21.8. The summed E-state index contributed by atoms with van der Waals surface area (Å²) in [6.45, 7) is 4.76. The fourth-order valence-electron chi connectivity index (χ4n) is 4.53. The van der Waals surface area contributed by atoms with Crippen molar-refractivity contribution < 1.29 is 9.53 Å². The van der Waals surface area contributed by atoms with Gasteiger partial charge in [0.2, 0.25) is 5.88 Å². The first-order valence-corrected chi connectivity index (χ1v) is 11.1. The van der Waals surface area contributed by atoms with Crippen LogP contribution in [0.15, 0.2) is 64.8 Å². The second-order valence-electron chi connectivity index (χ2n) is 8.92. The molecule has 0 radical (unpaired) electrons. The van der Waals surface area contributed by atoms with Gasteiger partial charge in [-0.1, -0.05) is 26.0 Å². The van der Waals surface area contributed by atoms with Gasteiger partial charge in [0.1, 0.15) is 17.4 Å². The monoisotopic (exact) mass is 430 g/mol. The van der Waals surface area contributed by atoms with E-state index in [4.69, 9.17) is 10.5 Å². The number of thiophene rings is 1. The van der Waals surface area contributed by atoms with Gasteiger partial charge in [0.05, 0.1) is 23.3 Å². The van der Waals surface area contributed by atoms with Crippen molar-refractivity contribution in [3.63, 3.8) is 0 Å². The number of ketones is 1. The number of imidazole rings is 1. The molecule has 7 heteroatoms. The van der Waals surface area contributed by atoms with Crippen LogP contribution in [0.25, 0.3) is 11.0 Å². The Morgan fingerprint density at radius 2 is 2.16 bits per heavy atom. The van der Waals surface area contributed by atoms with E-state index in [1.165, 1.54) is 0 Å². The Morgan fingerprint density at radius 1 is 1.35 bits per heavy atom. The Kier molecular flexibility index (Phi) is 4.49. The number of aromatic nitrogens is 2. The topological polar surface area (TPSA) is 93.9 Å². The number of Topliss-reactive ketones (excluding diaryl/α,β-unsaturated/α-hetero) is 1. The highest BCUT2D eigenvalue weighted by molar-refractivity contribution is 7.10. The summed E-state index contributed by atoms with van der Waals surface area (Å²) in [6.07, 6.45) is 2.90. The smallest absolute Gasteiger partial charge is 0.205 e. The minimum absolute atomic E-state index is 0.0343. The van der Waals surface area contributed by atoms with Crippen molar-refractivity contribution in [1.82, 2.24) is 9.55 Å². The number of hydrogen-bond acceptors (Lipinski definition) is 6. The molecule has 1 aliphatic carbocycles. The van der Waals surface area contributed by atoms with Crippen molar-refractivity contribution in [2.75, 3.05) is 0 Å². The van der Waals surface area contributed by atoms with E-state index in [-0.39, 0.29) is 17.1 Å². The number of allylic oxidation sites excluding steroid dienone is 3. The summed E-state index contributed by atoms with van der Waals surface area (Å²) >= 11 is 1.55. The van der Waals surface area contributed by atoms with Crippen LogP contribution in [-0.2, 0) is 16.1 Å². The van der Waals surface area contributed by atoms with Crippen LogP contribution in [0.4, 0.5) is 0 Å². The number of carbonyl (C=O) groups is 1. The molecule has 0 amide bonds. The summed E-state index contributed by atoms with van der Waals surface area (Å²) in [5, 5.41) is 11.9. The fraction of sp³-hybridized carbons (Fsp3) is 0.292. The molecule has 3 aromatic rings. The minimum atomic E-state index is -0.462. The van der Waals surface area contributed by atoms with E-state index >= 15 is 0 Å². The SMILES string of the molecule is CC1(C)CC(=O)C2=C(C1)OC(N)=C(C#N)C2c1cc(Cn2cnc3ccccc32)cs1. The fourth-order valence-corrected chi connectivity index (χ4v) is 5.55. The summed E-state index contributed by atoms with van der Waals surface area (Å²) in [5.41, 5.74) is 9.95. The lowest BCUT2D eigenvalue weighted by molar-refractivity contribution is -0.119. The Balaban J connectivity index is 1.53. The average Bonchev–Trinajstić information content (AvgIpc) is 3.34. The molecule has 156 valence electrons. The number of ether oxygens (including phenoxy) is 1. The number of benzene rings is 1. The second kappa shape index (κ2) is 7.10. The summed E-state index contributed by atoms with van der Waals surface area (Å²) < 4.78 is 7.87. The number of nitrogens with zero attached hydrogens (tertiary/aromatic N) is 3. The minimum Gasteiger partial charge on any atom is -0.444 e. The van der Waals surface area contributed by atoms with Crippen molar-refractivity contribution in [2.24, 2.45) is 11.1 Å². The van der Waals surface area contributed by atoms with Crippen LogP contribution < -0.4 is 5.73 Å². The molecular weight excluding hydrogens is 408 g/mol. The third-order valence-corrected chi connectivity index (χ3v) is 6.96. The lowest BCUT2D eigenvalue weighted by Crippen LogP contribution is -2.33. The molecule has 0 saturated heterocycles. The van der Waals surface area contributed by atoms with Gasteiger partial charge < -0.3 is 15.0 Å². The largest absolute Gasteiger partial charge is 0.444 e. The van der Waals surface area contributed by atoms with Gasteiger partial charge in [0, 0.05) is 29.8 Å². The van der Waals surface area contributed by atoms with Gasteiger partial charge in [0.15, 0.2) is 5.78 Å². The second-order valence-corrected chi connectivity index (χ2v) is 9.86.